The summed E-state index contributed by atoms with van der Waals surface area (Å²) < 4.78 is 25.2. The number of carboxylic acids is 1. The number of hydrogen-bond donors (Lipinski definition) is 1. The lowest BCUT2D eigenvalue weighted by Crippen LogP contribution is -2.46. The van der Waals surface area contributed by atoms with Gasteiger partial charge in [0.25, 0.3) is 0 Å². The molecule has 0 amide bonds. The van der Waals surface area contributed by atoms with Crippen molar-refractivity contribution in [3.8, 4) is 6.07 Å². The van der Waals surface area contributed by atoms with Crippen LogP contribution in [0.15, 0.2) is 0 Å². The highest BCUT2D eigenvalue weighted by Gasteiger charge is 2.45. The van der Waals surface area contributed by atoms with Gasteiger partial charge in [0.2, 0.25) is 10.0 Å². The van der Waals surface area contributed by atoms with Crippen LogP contribution in [0.4, 0.5) is 0 Å². The molecule has 0 aromatic rings. The topological polar surface area (TPSA) is 98.5 Å². The zero-order valence-electron chi connectivity index (χ0n) is 9.83. The lowest BCUT2D eigenvalue weighted by Gasteiger charge is -2.24. The first kappa shape index (κ1) is 13.9. The fourth-order valence-corrected chi connectivity index (χ4v) is 3.95. The summed E-state index contributed by atoms with van der Waals surface area (Å²) in [7, 11) is -3.84. The van der Waals surface area contributed by atoms with Gasteiger partial charge in [-0.15, -0.1) is 0 Å². The highest BCUT2D eigenvalue weighted by Crippen LogP contribution is 2.29. The number of nitrogens with zero attached hydrogens (tertiary/aromatic N) is 2. The molecule has 1 aliphatic rings. The predicted molar refractivity (Wildman–Crippen MR) is 60.5 cm³/mol. The van der Waals surface area contributed by atoms with Crippen molar-refractivity contribution < 1.29 is 18.3 Å². The molecule has 3 unspecified atom stereocenters. The molecule has 1 aliphatic heterocycles. The molecule has 1 N–H and O–H groups in total. The van der Waals surface area contributed by atoms with Crippen LogP contribution in [0.1, 0.15) is 26.7 Å². The SMILES string of the molecule is CCC(C#N)S(=O)(=O)N1CCC(C)C1C(=O)O. The molecular formula is C10H16N2O4S. The smallest absolute Gasteiger partial charge is 0.322 e. The van der Waals surface area contributed by atoms with Crippen LogP contribution in [0, 0.1) is 17.2 Å². The Morgan fingerprint density at radius 3 is 2.65 bits per heavy atom. The van der Waals surface area contributed by atoms with E-state index in [0.717, 1.165) is 4.31 Å². The molecule has 0 aromatic carbocycles. The molecule has 0 radical (unpaired) electrons. The minimum atomic E-state index is -3.84. The standard InChI is InChI=1S/C10H16N2O4S/c1-3-8(6-11)17(15,16)12-5-4-7(2)9(12)10(13)14/h7-9H,3-5H2,1-2H3,(H,13,14). The molecule has 1 fully saturated rings. The summed E-state index contributed by atoms with van der Waals surface area (Å²) in [6.45, 7) is 3.49. The molecule has 7 heteroatoms. The first-order chi connectivity index (χ1) is 7.86. The van der Waals surface area contributed by atoms with Gasteiger partial charge in [0.15, 0.2) is 5.25 Å². The van der Waals surface area contributed by atoms with E-state index in [1.54, 1.807) is 19.9 Å². The first-order valence-electron chi connectivity index (χ1n) is 5.49. The maximum absolute atomic E-state index is 12.1. The van der Waals surface area contributed by atoms with E-state index in [-0.39, 0.29) is 18.9 Å². The van der Waals surface area contributed by atoms with Crippen molar-refractivity contribution >= 4 is 16.0 Å². The molecule has 0 spiro atoms. The largest absolute Gasteiger partial charge is 0.480 e. The minimum Gasteiger partial charge on any atom is -0.480 e. The van der Waals surface area contributed by atoms with Gasteiger partial charge >= 0.3 is 5.97 Å². The fraction of sp³-hybridized carbons (Fsp3) is 0.800. The second kappa shape index (κ2) is 5.02. The Labute approximate surface area is 101 Å². The van der Waals surface area contributed by atoms with Crippen molar-refractivity contribution in [2.24, 2.45) is 5.92 Å². The minimum absolute atomic E-state index is 0.163. The van der Waals surface area contributed by atoms with Crippen LogP contribution in [0.2, 0.25) is 0 Å². The number of carboxylic acid groups (broad SMARTS) is 1. The molecular weight excluding hydrogens is 244 g/mol. The van der Waals surface area contributed by atoms with E-state index in [1.807, 2.05) is 0 Å². The third-order valence-corrected chi connectivity index (χ3v) is 5.33. The van der Waals surface area contributed by atoms with Gasteiger partial charge in [-0.2, -0.15) is 9.57 Å². The summed E-state index contributed by atoms with van der Waals surface area (Å²) in [6.07, 6.45) is 0.675. The Balaban J connectivity index is 3.08. The Hall–Kier alpha value is -1.13. The molecule has 96 valence electrons. The van der Waals surface area contributed by atoms with Gasteiger partial charge in [-0.05, 0) is 18.8 Å². The summed E-state index contributed by atoms with van der Waals surface area (Å²) in [5, 5.41) is 16.7. The van der Waals surface area contributed by atoms with Crippen molar-refractivity contribution in [3.63, 3.8) is 0 Å². The van der Waals surface area contributed by atoms with Gasteiger partial charge in [0.1, 0.15) is 6.04 Å². The Morgan fingerprint density at radius 1 is 1.65 bits per heavy atom. The van der Waals surface area contributed by atoms with Crippen LogP contribution < -0.4 is 0 Å². The third-order valence-electron chi connectivity index (χ3n) is 3.11. The molecule has 6 nitrogen and oxygen atoms in total. The first-order valence-corrected chi connectivity index (χ1v) is 6.99. The van der Waals surface area contributed by atoms with E-state index < -0.39 is 27.3 Å². The van der Waals surface area contributed by atoms with E-state index >= 15 is 0 Å². The van der Waals surface area contributed by atoms with Crippen LogP contribution in [0.3, 0.4) is 0 Å². The normalized spacial score (nSPS) is 27.6. The van der Waals surface area contributed by atoms with Crippen molar-refractivity contribution in [1.29, 1.82) is 5.26 Å². The van der Waals surface area contributed by atoms with Crippen molar-refractivity contribution in [3.05, 3.63) is 0 Å². The van der Waals surface area contributed by atoms with Crippen LogP contribution in [0.5, 0.6) is 0 Å². The Kier molecular flexibility index (Phi) is 4.11. The Morgan fingerprint density at radius 2 is 2.24 bits per heavy atom. The van der Waals surface area contributed by atoms with Crippen LogP contribution >= 0.6 is 0 Å². The van der Waals surface area contributed by atoms with E-state index in [9.17, 15) is 13.2 Å². The van der Waals surface area contributed by atoms with Gasteiger partial charge in [-0.25, -0.2) is 8.42 Å². The molecule has 1 heterocycles. The number of aliphatic carboxylic acids is 1. The van der Waals surface area contributed by atoms with Crippen molar-refractivity contribution in [2.45, 2.75) is 38.0 Å². The summed E-state index contributed by atoms with van der Waals surface area (Å²) >= 11 is 0. The summed E-state index contributed by atoms with van der Waals surface area (Å²) in [5.41, 5.74) is 0. The van der Waals surface area contributed by atoms with Crippen LogP contribution in [-0.4, -0.2) is 41.6 Å². The van der Waals surface area contributed by atoms with E-state index in [1.165, 1.54) is 0 Å². The second-order valence-corrected chi connectivity index (χ2v) is 6.30. The highest BCUT2D eigenvalue weighted by atomic mass is 32.2. The number of hydrogen-bond acceptors (Lipinski definition) is 4. The predicted octanol–water partition coefficient (Wildman–Crippen LogP) is 0.413. The summed E-state index contributed by atoms with van der Waals surface area (Å²) in [5.74, 6) is -1.37. The summed E-state index contributed by atoms with van der Waals surface area (Å²) in [4.78, 5) is 11.1. The molecule has 1 rings (SSSR count). The van der Waals surface area contributed by atoms with Gasteiger partial charge in [-0.1, -0.05) is 13.8 Å². The van der Waals surface area contributed by atoms with E-state index in [4.69, 9.17) is 10.4 Å². The van der Waals surface area contributed by atoms with Gasteiger partial charge < -0.3 is 5.11 Å². The number of rotatable bonds is 4. The lowest BCUT2D eigenvalue weighted by atomic mass is 10.0. The molecule has 3 atom stereocenters. The maximum atomic E-state index is 12.1. The average molecular weight is 260 g/mol. The zero-order valence-corrected chi connectivity index (χ0v) is 10.6. The molecule has 17 heavy (non-hydrogen) atoms. The summed E-state index contributed by atoms with van der Waals surface area (Å²) in [6, 6.07) is 0.681. The number of sulfonamides is 1. The van der Waals surface area contributed by atoms with Crippen molar-refractivity contribution in [1.82, 2.24) is 4.31 Å². The molecule has 0 aliphatic carbocycles. The van der Waals surface area contributed by atoms with Crippen molar-refractivity contribution in [2.75, 3.05) is 6.54 Å². The third kappa shape index (κ3) is 2.42. The number of carbonyl (C=O) groups is 1. The van der Waals surface area contributed by atoms with E-state index in [0.29, 0.717) is 6.42 Å². The molecule has 0 aromatic heterocycles. The molecule has 0 saturated carbocycles. The Bertz CT molecular complexity index is 440. The maximum Gasteiger partial charge on any atom is 0.322 e. The van der Waals surface area contributed by atoms with Gasteiger partial charge in [0, 0.05) is 6.54 Å². The lowest BCUT2D eigenvalue weighted by molar-refractivity contribution is -0.141. The zero-order chi connectivity index (χ0) is 13.2. The molecule has 0 bridgehead atoms. The number of nitriles is 1. The van der Waals surface area contributed by atoms with Crippen LogP contribution in [-0.2, 0) is 14.8 Å². The van der Waals surface area contributed by atoms with Gasteiger partial charge in [0.05, 0.1) is 6.07 Å². The second-order valence-electron chi connectivity index (χ2n) is 4.23. The van der Waals surface area contributed by atoms with E-state index in [2.05, 4.69) is 0 Å². The monoisotopic (exact) mass is 260 g/mol. The fourth-order valence-electron chi connectivity index (χ4n) is 2.10. The van der Waals surface area contributed by atoms with Gasteiger partial charge in [-0.3, -0.25) is 4.79 Å². The highest BCUT2D eigenvalue weighted by molar-refractivity contribution is 7.90. The van der Waals surface area contributed by atoms with Crippen LogP contribution in [0.25, 0.3) is 0 Å². The quantitative estimate of drug-likeness (QED) is 0.789. The average Bonchev–Trinajstić information content (AvgIpc) is 2.62. The molecule has 1 saturated heterocycles.